The molecule has 1 N–H and O–H groups in total. The summed E-state index contributed by atoms with van der Waals surface area (Å²) in [5.74, 6) is 0. The van der Waals surface area contributed by atoms with Gasteiger partial charge >= 0.3 is 0 Å². The molecule has 98 valence electrons. The van der Waals surface area contributed by atoms with Crippen molar-refractivity contribution in [3.63, 3.8) is 0 Å². The number of benzene rings is 1. The predicted octanol–water partition coefficient (Wildman–Crippen LogP) is 1.95. The quantitative estimate of drug-likeness (QED) is 0.844. The summed E-state index contributed by atoms with van der Waals surface area (Å²) >= 11 is 5.45. The first kappa shape index (κ1) is 13.3. The van der Waals surface area contributed by atoms with Crippen molar-refractivity contribution >= 4 is 17.3 Å². The third-order valence-electron chi connectivity index (χ3n) is 3.20. The Hall–Kier alpha value is -1.13. The fourth-order valence-electron chi connectivity index (χ4n) is 2.26. The molecule has 0 aromatic heterocycles. The third kappa shape index (κ3) is 3.21. The number of ether oxygens (including phenoxy) is 1. The van der Waals surface area contributed by atoms with Crippen LogP contribution in [0.25, 0.3) is 0 Å². The first-order valence-electron chi connectivity index (χ1n) is 6.32. The smallest absolute Gasteiger partial charge is 0.169 e. The number of nitrogens with zero attached hydrogens (tertiary/aromatic N) is 1. The van der Waals surface area contributed by atoms with Gasteiger partial charge in [-0.2, -0.15) is 0 Å². The van der Waals surface area contributed by atoms with Crippen molar-refractivity contribution in [1.29, 1.82) is 0 Å². The van der Waals surface area contributed by atoms with Crippen LogP contribution < -0.4 is 5.32 Å². The van der Waals surface area contributed by atoms with Gasteiger partial charge in [0.05, 0.1) is 6.61 Å². The van der Waals surface area contributed by atoms with Gasteiger partial charge in [0.2, 0.25) is 0 Å². The summed E-state index contributed by atoms with van der Waals surface area (Å²) in [6.07, 6.45) is 1.07. The lowest BCUT2D eigenvalue weighted by Crippen LogP contribution is -2.46. The molecule has 0 amide bonds. The fourth-order valence-corrected chi connectivity index (χ4v) is 2.62. The topological polar surface area (TPSA) is 24.5 Å². The number of nitrogens with one attached hydrogen (secondary N) is 1. The van der Waals surface area contributed by atoms with Gasteiger partial charge in [-0.05, 0) is 36.7 Å². The molecule has 0 spiro atoms. The number of rotatable bonds is 3. The van der Waals surface area contributed by atoms with E-state index in [1.807, 2.05) is 0 Å². The van der Waals surface area contributed by atoms with Crippen LogP contribution in [0.2, 0.25) is 0 Å². The highest BCUT2D eigenvalue weighted by Crippen LogP contribution is 2.18. The molecule has 1 heterocycles. The zero-order valence-corrected chi connectivity index (χ0v) is 11.8. The molecule has 1 atom stereocenters. The van der Waals surface area contributed by atoms with Crippen molar-refractivity contribution in [2.45, 2.75) is 25.9 Å². The molecule has 1 aliphatic heterocycles. The molecular formula is C14H20N2OS. The molecule has 0 fully saturated rings. The number of thiocarbonyl (C=S) groups is 1. The van der Waals surface area contributed by atoms with Gasteiger partial charge in [-0.25, -0.2) is 0 Å². The van der Waals surface area contributed by atoms with E-state index in [2.05, 4.69) is 41.4 Å². The molecule has 18 heavy (non-hydrogen) atoms. The van der Waals surface area contributed by atoms with Crippen molar-refractivity contribution in [2.24, 2.45) is 0 Å². The molecule has 0 radical (unpaired) electrons. The van der Waals surface area contributed by atoms with Gasteiger partial charge in [0, 0.05) is 26.2 Å². The second-order valence-corrected chi connectivity index (χ2v) is 5.13. The molecule has 0 saturated carbocycles. The average molecular weight is 264 g/mol. The number of fused-ring (bicyclic) bond motifs is 1. The van der Waals surface area contributed by atoms with Crippen LogP contribution in [0.15, 0.2) is 24.3 Å². The molecule has 1 aromatic rings. The normalized spacial score (nSPS) is 16.0. The zero-order valence-electron chi connectivity index (χ0n) is 11.0. The fraction of sp³-hybridized carbons (Fsp3) is 0.500. The van der Waals surface area contributed by atoms with E-state index in [0.29, 0.717) is 6.61 Å². The summed E-state index contributed by atoms with van der Waals surface area (Å²) in [6.45, 7) is 4.64. The average Bonchev–Trinajstić information content (AvgIpc) is 2.38. The summed E-state index contributed by atoms with van der Waals surface area (Å²) in [4.78, 5) is 2.23. The number of methoxy groups -OCH3 is 1. The van der Waals surface area contributed by atoms with Crippen LogP contribution in [0, 0.1) is 0 Å². The van der Waals surface area contributed by atoms with Crippen molar-refractivity contribution in [1.82, 2.24) is 10.2 Å². The van der Waals surface area contributed by atoms with E-state index in [4.69, 9.17) is 17.0 Å². The van der Waals surface area contributed by atoms with Crippen LogP contribution in [-0.4, -0.2) is 36.3 Å². The second kappa shape index (κ2) is 6.16. The monoisotopic (exact) mass is 264 g/mol. The highest BCUT2D eigenvalue weighted by Gasteiger charge is 2.18. The second-order valence-electron chi connectivity index (χ2n) is 4.75. The standard InChI is InChI=1S/C14H20N2OS/c1-11(10-17-2)15-14(18)16-8-7-12-5-3-4-6-13(12)9-16/h3-6,11H,7-10H2,1-2H3,(H,15,18). The minimum absolute atomic E-state index is 0.250. The summed E-state index contributed by atoms with van der Waals surface area (Å²) in [7, 11) is 1.71. The Kier molecular flexibility index (Phi) is 4.55. The lowest BCUT2D eigenvalue weighted by atomic mass is 10.0. The maximum absolute atomic E-state index is 5.45. The Bertz CT molecular complexity index is 422. The summed E-state index contributed by atoms with van der Waals surface area (Å²) in [6, 6.07) is 8.83. The van der Waals surface area contributed by atoms with E-state index < -0.39 is 0 Å². The van der Waals surface area contributed by atoms with Crippen molar-refractivity contribution in [2.75, 3.05) is 20.3 Å². The van der Waals surface area contributed by atoms with Gasteiger partial charge in [0.25, 0.3) is 0 Å². The van der Waals surface area contributed by atoms with E-state index >= 15 is 0 Å². The van der Waals surface area contributed by atoms with Crippen molar-refractivity contribution < 1.29 is 4.74 Å². The molecule has 0 bridgehead atoms. The Morgan fingerprint density at radius 1 is 1.44 bits per heavy atom. The van der Waals surface area contributed by atoms with Gasteiger partial charge in [-0.1, -0.05) is 24.3 Å². The van der Waals surface area contributed by atoms with Crippen molar-refractivity contribution in [3.8, 4) is 0 Å². The number of hydrogen-bond donors (Lipinski definition) is 1. The van der Waals surface area contributed by atoms with E-state index in [1.54, 1.807) is 7.11 Å². The summed E-state index contributed by atoms with van der Waals surface area (Å²) in [5, 5.41) is 4.14. The van der Waals surface area contributed by atoms with Gasteiger partial charge in [0.1, 0.15) is 0 Å². The lowest BCUT2D eigenvalue weighted by molar-refractivity contribution is 0.177. The predicted molar refractivity (Wildman–Crippen MR) is 77.6 cm³/mol. The highest BCUT2D eigenvalue weighted by molar-refractivity contribution is 7.80. The van der Waals surface area contributed by atoms with E-state index in [0.717, 1.165) is 24.6 Å². The first-order valence-corrected chi connectivity index (χ1v) is 6.72. The van der Waals surface area contributed by atoms with Crippen LogP contribution >= 0.6 is 12.2 Å². The zero-order chi connectivity index (χ0) is 13.0. The molecule has 0 saturated heterocycles. The molecule has 2 rings (SSSR count). The Balaban J connectivity index is 1.94. The number of hydrogen-bond acceptors (Lipinski definition) is 2. The van der Waals surface area contributed by atoms with Crippen LogP contribution in [0.5, 0.6) is 0 Å². The molecule has 1 aromatic carbocycles. The van der Waals surface area contributed by atoms with Gasteiger partial charge in [0.15, 0.2) is 5.11 Å². The van der Waals surface area contributed by atoms with Crippen LogP contribution in [-0.2, 0) is 17.7 Å². The molecule has 4 heteroatoms. The molecule has 0 aliphatic carbocycles. The van der Waals surface area contributed by atoms with Crippen molar-refractivity contribution in [3.05, 3.63) is 35.4 Å². The molecular weight excluding hydrogens is 244 g/mol. The summed E-state index contributed by atoms with van der Waals surface area (Å²) < 4.78 is 5.11. The first-order chi connectivity index (χ1) is 8.70. The highest BCUT2D eigenvalue weighted by atomic mass is 32.1. The lowest BCUT2D eigenvalue weighted by Gasteiger charge is -2.32. The van der Waals surface area contributed by atoms with Crippen LogP contribution in [0.3, 0.4) is 0 Å². The van der Waals surface area contributed by atoms with Crippen LogP contribution in [0.1, 0.15) is 18.1 Å². The largest absolute Gasteiger partial charge is 0.383 e. The SMILES string of the molecule is COCC(C)NC(=S)N1CCc2ccccc2C1. The van der Waals surface area contributed by atoms with Gasteiger partial charge < -0.3 is 15.0 Å². The minimum atomic E-state index is 0.250. The third-order valence-corrected chi connectivity index (χ3v) is 3.58. The minimum Gasteiger partial charge on any atom is -0.383 e. The van der Waals surface area contributed by atoms with Crippen LogP contribution in [0.4, 0.5) is 0 Å². The van der Waals surface area contributed by atoms with Gasteiger partial charge in [-0.3, -0.25) is 0 Å². The Morgan fingerprint density at radius 2 is 2.17 bits per heavy atom. The Morgan fingerprint density at radius 3 is 2.89 bits per heavy atom. The molecule has 3 nitrogen and oxygen atoms in total. The Labute approximate surface area is 114 Å². The molecule has 1 unspecified atom stereocenters. The molecule has 1 aliphatic rings. The maximum Gasteiger partial charge on any atom is 0.169 e. The van der Waals surface area contributed by atoms with Gasteiger partial charge in [-0.15, -0.1) is 0 Å². The summed E-state index contributed by atoms with van der Waals surface area (Å²) in [5.41, 5.74) is 2.83. The van der Waals surface area contributed by atoms with E-state index in [9.17, 15) is 0 Å². The maximum atomic E-state index is 5.45. The van der Waals surface area contributed by atoms with E-state index in [-0.39, 0.29) is 6.04 Å². The van der Waals surface area contributed by atoms with E-state index in [1.165, 1.54) is 11.1 Å².